The molecule has 14 heavy (non-hydrogen) atoms. The summed E-state index contributed by atoms with van der Waals surface area (Å²) < 4.78 is 0. The summed E-state index contributed by atoms with van der Waals surface area (Å²) in [5.41, 5.74) is 2.54. The molecule has 0 fully saturated rings. The van der Waals surface area contributed by atoms with E-state index in [4.69, 9.17) is 0 Å². The van der Waals surface area contributed by atoms with Crippen LogP contribution < -0.4 is 5.69 Å². The average Bonchev–Trinajstić information content (AvgIpc) is 2.19. The van der Waals surface area contributed by atoms with Crippen LogP contribution >= 0.6 is 0 Å². The Morgan fingerprint density at radius 3 is 2.50 bits per heavy atom. The van der Waals surface area contributed by atoms with Crippen molar-refractivity contribution in [1.29, 1.82) is 0 Å². The first kappa shape index (κ1) is 8.69. The molecule has 0 atom stereocenters. The Morgan fingerprint density at radius 1 is 1.14 bits per heavy atom. The lowest BCUT2D eigenvalue weighted by atomic mass is 10.1. The Bertz CT molecular complexity index is 485. The third-order valence-electron chi connectivity index (χ3n) is 2.02. The van der Waals surface area contributed by atoms with Crippen molar-refractivity contribution >= 4 is 0 Å². The zero-order chi connectivity index (χ0) is 9.97. The quantitative estimate of drug-likeness (QED) is 0.737. The van der Waals surface area contributed by atoms with Crippen LogP contribution in [-0.2, 0) is 0 Å². The number of aromatic nitrogens is 2. The van der Waals surface area contributed by atoms with Crippen molar-refractivity contribution in [3.63, 3.8) is 0 Å². The summed E-state index contributed by atoms with van der Waals surface area (Å²) >= 11 is 0. The van der Waals surface area contributed by atoms with Crippen LogP contribution in [-0.4, -0.2) is 9.97 Å². The first-order valence-corrected chi connectivity index (χ1v) is 4.38. The van der Waals surface area contributed by atoms with Gasteiger partial charge >= 0.3 is 5.69 Å². The Kier molecular flexibility index (Phi) is 2.14. The van der Waals surface area contributed by atoms with E-state index in [0.717, 1.165) is 5.56 Å². The molecule has 0 saturated heterocycles. The van der Waals surface area contributed by atoms with Crippen LogP contribution in [0.1, 0.15) is 5.56 Å². The first-order valence-electron chi connectivity index (χ1n) is 4.38. The second-order valence-corrected chi connectivity index (χ2v) is 3.15. The molecule has 70 valence electrons. The van der Waals surface area contributed by atoms with Crippen molar-refractivity contribution in [1.82, 2.24) is 9.97 Å². The monoisotopic (exact) mass is 186 g/mol. The van der Waals surface area contributed by atoms with Gasteiger partial charge in [0, 0.05) is 11.8 Å². The van der Waals surface area contributed by atoms with Gasteiger partial charge in [-0.05, 0) is 13.0 Å². The number of H-pyrrole nitrogens is 1. The van der Waals surface area contributed by atoms with Gasteiger partial charge in [-0.25, -0.2) is 4.79 Å². The summed E-state index contributed by atoms with van der Waals surface area (Å²) in [5, 5.41) is 0. The minimum absolute atomic E-state index is 0.317. The Morgan fingerprint density at radius 2 is 1.86 bits per heavy atom. The maximum atomic E-state index is 11.0. The van der Waals surface area contributed by atoms with Crippen molar-refractivity contribution < 1.29 is 0 Å². The molecule has 0 aliphatic heterocycles. The molecular weight excluding hydrogens is 176 g/mol. The number of benzene rings is 1. The van der Waals surface area contributed by atoms with E-state index >= 15 is 0 Å². The first-order chi connectivity index (χ1) is 6.75. The van der Waals surface area contributed by atoms with Gasteiger partial charge in [-0.2, -0.15) is 4.98 Å². The molecule has 1 aromatic carbocycles. The van der Waals surface area contributed by atoms with E-state index < -0.39 is 0 Å². The maximum absolute atomic E-state index is 11.0. The van der Waals surface area contributed by atoms with E-state index in [1.165, 1.54) is 5.56 Å². The Hall–Kier alpha value is -1.90. The van der Waals surface area contributed by atoms with Crippen molar-refractivity contribution in [2.75, 3.05) is 0 Å². The molecule has 0 unspecified atom stereocenters. The minimum Gasteiger partial charge on any atom is -0.313 e. The van der Waals surface area contributed by atoms with Crippen molar-refractivity contribution in [2.24, 2.45) is 0 Å². The normalized spacial score (nSPS) is 10.1. The van der Waals surface area contributed by atoms with Crippen molar-refractivity contribution in [2.45, 2.75) is 6.92 Å². The standard InChI is InChI=1S/C11H10N2O/c1-8-2-4-9(5-3-8)10-6-7-12-11(14)13-10/h2-7H,1H3,(H,12,13,14). The van der Waals surface area contributed by atoms with Gasteiger partial charge in [0.1, 0.15) is 0 Å². The highest BCUT2D eigenvalue weighted by Gasteiger charge is 1.98. The van der Waals surface area contributed by atoms with Crippen LogP contribution in [0.15, 0.2) is 41.3 Å². The summed E-state index contributed by atoms with van der Waals surface area (Å²) in [6, 6.07) is 9.69. The van der Waals surface area contributed by atoms with Crippen LogP contribution in [0, 0.1) is 6.92 Å². The summed E-state index contributed by atoms with van der Waals surface area (Å²) in [6.07, 6.45) is 1.60. The SMILES string of the molecule is Cc1ccc(-c2cc[nH]c(=O)n2)cc1. The molecule has 0 saturated carbocycles. The second kappa shape index (κ2) is 3.46. The lowest BCUT2D eigenvalue weighted by Gasteiger charge is -1.99. The summed E-state index contributed by atoms with van der Waals surface area (Å²) in [5.74, 6) is 0. The van der Waals surface area contributed by atoms with Gasteiger partial charge in [-0.3, -0.25) is 0 Å². The molecule has 1 N–H and O–H groups in total. The highest BCUT2D eigenvalue weighted by molar-refractivity contribution is 5.58. The van der Waals surface area contributed by atoms with Crippen LogP contribution in [0.5, 0.6) is 0 Å². The zero-order valence-corrected chi connectivity index (χ0v) is 7.82. The summed E-state index contributed by atoms with van der Waals surface area (Å²) in [4.78, 5) is 17.3. The maximum Gasteiger partial charge on any atom is 0.345 e. The molecule has 3 heteroatoms. The van der Waals surface area contributed by atoms with Gasteiger partial charge in [0.15, 0.2) is 0 Å². The van der Waals surface area contributed by atoms with Gasteiger partial charge in [-0.1, -0.05) is 29.8 Å². The molecular formula is C11H10N2O. The average molecular weight is 186 g/mol. The number of hydrogen-bond acceptors (Lipinski definition) is 2. The zero-order valence-electron chi connectivity index (χ0n) is 7.82. The molecule has 0 bridgehead atoms. The molecule has 0 amide bonds. The predicted molar refractivity (Wildman–Crippen MR) is 55.0 cm³/mol. The number of nitrogens with zero attached hydrogens (tertiary/aromatic N) is 1. The topological polar surface area (TPSA) is 45.8 Å². The fourth-order valence-corrected chi connectivity index (χ4v) is 1.26. The molecule has 0 aliphatic rings. The Balaban J connectivity index is 2.50. The highest BCUT2D eigenvalue weighted by atomic mass is 16.1. The number of nitrogens with one attached hydrogen (secondary N) is 1. The summed E-state index contributed by atoms with van der Waals surface area (Å²) in [6.45, 7) is 2.02. The molecule has 1 heterocycles. The number of rotatable bonds is 1. The predicted octanol–water partition coefficient (Wildman–Crippen LogP) is 1.75. The van der Waals surface area contributed by atoms with Crippen molar-refractivity contribution in [3.05, 3.63) is 52.6 Å². The van der Waals surface area contributed by atoms with Gasteiger partial charge in [0.2, 0.25) is 0 Å². The number of aromatic amines is 1. The fourth-order valence-electron chi connectivity index (χ4n) is 1.26. The van der Waals surface area contributed by atoms with Crippen LogP contribution in [0.25, 0.3) is 11.3 Å². The molecule has 0 radical (unpaired) electrons. The molecule has 0 aliphatic carbocycles. The molecule has 1 aromatic heterocycles. The molecule has 2 rings (SSSR count). The van der Waals surface area contributed by atoms with Crippen LogP contribution in [0.3, 0.4) is 0 Å². The van der Waals surface area contributed by atoms with Gasteiger partial charge in [0.25, 0.3) is 0 Å². The lowest BCUT2D eigenvalue weighted by Crippen LogP contribution is -2.09. The highest BCUT2D eigenvalue weighted by Crippen LogP contribution is 2.14. The molecule has 3 nitrogen and oxygen atoms in total. The lowest BCUT2D eigenvalue weighted by molar-refractivity contribution is 1.08. The van der Waals surface area contributed by atoms with E-state index in [2.05, 4.69) is 9.97 Å². The third kappa shape index (κ3) is 1.71. The fraction of sp³-hybridized carbons (Fsp3) is 0.0909. The largest absolute Gasteiger partial charge is 0.345 e. The molecule has 0 spiro atoms. The van der Waals surface area contributed by atoms with E-state index in [9.17, 15) is 4.79 Å². The van der Waals surface area contributed by atoms with E-state index in [1.54, 1.807) is 12.3 Å². The van der Waals surface area contributed by atoms with Gasteiger partial charge < -0.3 is 4.98 Å². The number of aryl methyl sites for hydroxylation is 1. The summed E-state index contributed by atoms with van der Waals surface area (Å²) in [7, 11) is 0. The van der Waals surface area contributed by atoms with E-state index in [0.29, 0.717) is 5.69 Å². The van der Waals surface area contributed by atoms with E-state index in [1.807, 2.05) is 31.2 Å². The van der Waals surface area contributed by atoms with Crippen LogP contribution in [0.4, 0.5) is 0 Å². The van der Waals surface area contributed by atoms with Crippen LogP contribution in [0.2, 0.25) is 0 Å². The minimum atomic E-state index is -0.317. The second-order valence-electron chi connectivity index (χ2n) is 3.15. The third-order valence-corrected chi connectivity index (χ3v) is 2.02. The van der Waals surface area contributed by atoms with E-state index in [-0.39, 0.29) is 5.69 Å². The Labute approximate surface area is 81.5 Å². The molecule has 2 aromatic rings. The number of hydrogen-bond donors (Lipinski definition) is 1. The smallest absolute Gasteiger partial charge is 0.313 e. The van der Waals surface area contributed by atoms with Crippen molar-refractivity contribution in [3.8, 4) is 11.3 Å². The van der Waals surface area contributed by atoms with Gasteiger partial charge in [0.05, 0.1) is 5.69 Å². The van der Waals surface area contributed by atoms with Gasteiger partial charge in [-0.15, -0.1) is 0 Å².